The van der Waals surface area contributed by atoms with E-state index in [1.165, 1.54) is 62.6 Å². The second-order valence-electron chi connectivity index (χ2n) is 5.44. The van der Waals surface area contributed by atoms with Crippen LogP contribution in [0.5, 0.6) is 0 Å². The summed E-state index contributed by atoms with van der Waals surface area (Å²) >= 11 is 0. The van der Waals surface area contributed by atoms with E-state index in [9.17, 15) is 22.4 Å². The first-order valence-corrected chi connectivity index (χ1v) is 8.89. The van der Waals surface area contributed by atoms with Crippen molar-refractivity contribution in [3.8, 4) is 0 Å². The molecule has 138 valence electrons. The van der Waals surface area contributed by atoms with Gasteiger partial charge in [0, 0.05) is 19.8 Å². The van der Waals surface area contributed by atoms with E-state index >= 15 is 0 Å². The van der Waals surface area contributed by atoms with Crippen LogP contribution >= 0.6 is 0 Å². The van der Waals surface area contributed by atoms with Gasteiger partial charge in [-0.1, -0.05) is 0 Å². The maximum absolute atomic E-state index is 12.8. The van der Waals surface area contributed by atoms with Crippen molar-refractivity contribution in [3.63, 3.8) is 0 Å². The molecule has 2 rings (SSSR count). The van der Waals surface area contributed by atoms with Gasteiger partial charge in [-0.15, -0.1) is 0 Å². The van der Waals surface area contributed by atoms with E-state index in [0.29, 0.717) is 5.69 Å². The number of anilines is 1. The number of amides is 1. The number of halogens is 1. The van der Waals surface area contributed by atoms with Crippen molar-refractivity contribution >= 4 is 27.6 Å². The molecule has 0 aliphatic rings. The number of nitrogens with one attached hydrogen (secondary N) is 1. The number of hydrogen-bond acceptors (Lipinski definition) is 5. The van der Waals surface area contributed by atoms with Gasteiger partial charge in [0.25, 0.3) is 5.91 Å². The molecule has 0 fully saturated rings. The molecule has 1 N–H and O–H groups in total. The van der Waals surface area contributed by atoms with Crippen LogP contribution in [-0.4, -0.2) is 45.3 Å². The minimum absolute atomic E-state index is 0.0353. The van der Waals surface area contributed by atoms with E-state index in [1.54, 1.807) is 0 Å². The summed E-state index contributed by atoms with van der Waals surface area (Å²) in [6.07, 6.45) is 0. The third-order valence-corrected chi connectivity index (χ3v) is 5.16. The summed E-state index contributed by atoms with van der Waals surface area (Å²) < 4.78 is 42.6. The molecule has 0 aliphatic carbocycles. The van der Waals surface area contributed by atoms with E-state index in [1.807, 2.05) is 0 Å². The Bertz CT molecular complexity index is 894. The summed E-state index contributed by atoms with van der Waals surface area (Å²) in [5.41, 5.74) is 0.475. The molecule has 0 atom stereocenters. The summed E-state index contributed by atoms with van der Waals surface area (Å²) in [7, 11) is -0.792. The first-order chi connectivity index (χ1) is 12.2. The molecule has 2 aromatic carbocycles. The largest absolute Gasteiger partial charge is 0.452 e. The van der Waals surface area contributed by atoms with Crippen molar-refractivity contribution in [3.05, 3.63) is 59.9 Å². The maximum atomic E-state index is 12.8. The van der Waals surface area contributed by atoms with Crippen LogP contribution in [0.4, 0.5) is 10.1 Å². The number of carbonyl (C=O) groups excluding carboxylic acids is 2. The molecule has 0 aliphatic heterocycles. The molecule has 26 heavy (non-hydrogen) atoms. The Hall–Kier alpha value is -2.78. The van der Waals surface area contributed by atoms with Gasteiger partial charge in [-0.2, -0.15) is 0 Å². The van der Waals surface area contributed by atoms with Crippen molar-refractivity contribution in [2.45, 2.75) is 4.90 Å². The van der Waals surface area contributed by atoms with Crippen molar-refractivity contribution in [1.29, 1.82) is 0 Å². The molecule has 7 nitrogen and oxygen atoms in total. The number of sulfonamides is 1. The Balaban J connectivity index is 1.93. The third-order valence-electron chi connectivity index (χ3n) is 3.33. The second-order valence-corrected chi connectivity index (χ2v) is 7.59. The van der Waals surface area contributed by atoms with Crippen LogP contribution in [0.1, 0.15) is 10.4 Å². The van der Waals surface area contributed by atoms with Crippen LogP contribution in [0.25, 0.3) is 0 Å². The van der Waals surface area contributed by atoms with Gasteiger partial charge >= 0.3 is 5.97 Å². The van der Waals surface area contributed by atoms with Crippen LogP contribution in [-0.2, 0) is 19.6 Å². The number of esters is 1. The summed E-state index contributed by atoms with van der Waals surface area (Å²) in [4.78, 5) is 23.7. The lowest BCUT2D eigenvalue weighted by molar-refractivity contribution is -0.119. The van der Waals surface area contributed by atoms with Crippen LogP contribution in [0, 0.1) is 5.82 Å². The number of hydrogen-bond donors (Lipinski definition) is 1. The zero-order chi connectivity index (χ0) is 19.3. The minimum atomic E-state index is -3.59. The van der Waals surface area contributed by atoms with Gasteiger partial charge < -0.3 is 10.1 Å². The Morgan fingerprint density at radius 2 is 1.62 bits per heavy atom. The van der Waals surface area contributed by atoms with Crippen LogP contribution < -0.4 is 5.32 Å². The quantitative estimate of drug-likeness (QED) is 0.773. The minimum Gasteiger partial charge on any atom is -0.452 e. The average molecular weight is 380 g/mol. The first kappa shape index (κ1) is 19.5. The Kier molecular flexibility index (Phi) is 6.06. The fourth-order valence-corrected chi connectivity index (χ4v) is 2.82. The molecular weight excluding hydrogens is 363 g/mol. The van der Waals surface area contributed by atoms with E-state index in [4.69, 9.17) is 4.74 Å². The topological polar surface area (TPSA) is 92.8 Å². The lowest BCUT2D eigenvalue weighted by Crippen LogP contribution is -2.22. The maximum Gasteiger partial charge on any atom is 0.338 e. The smallest absolute Gasteiger partial charge is 0.338 e. The van der Waals surface area contributed by atoms with E-state index in [2.05, 4.69) is 5.32 Å². The highest BCUT2D eigenvalue weighted by molar-refractivity contribution is 7.89. The van der Waals surface area contributed by atoms with Gasteiger partial charge in [0.2, 0.25) is 10.0 Å². The van der Waals surface area contributed by atoms with Crippen molar-refractivity contribution in [1.82, 2.24) is 4.31 Å². The van der Waals surface area contributed by atoms with Crippen molar-refractivity contribution < 1.29 is 27.1 Å². The molecule has 0 heterocycles. The molecule has 9 heteroatoms. The van der Waals surface area contributed by atoms with Crippen molar-refractivity contribution in [2.24, 2.45) is 0 Å². The van der Waals surface area contributed by atoms with Crippen LogP contribution in [0.3, 0.4) is 0 Å². The number of ether oxygens (including phenoxy) is 1. The fourth-order valence-electron chi connectivity index (χ4n) is 1.92. The summed E-state index contributed by atoms with van der Waals surface area (Å²) in [6, 6.07) is 10.3. The normalized spacial score (nSPS) is 11.2. The SMILES string of the molecule is CN(C)S(=O)(=O)c1ccc(C(=O)OCC(=O)Nc2ccc(F)cc2)cc1. The molecular formula is C17H17FN2O5S. The molecule has 0 saturated carbocycles. The van der Waals surface area contributed by atoms with Gasteiger partial charge in [-0.05, 0) is 48.5 Å². The first-order valence-electron chi connectivity index (χ1n) is 7.45. The lowest BCUT2D eigenvalue weighted by atomic mass is 10.2. The molecule has 2 aromatic rings. The molecule has 1 amide bonds. The zero-order valence-corrected chi connectivity index (χ0v) is 14.9. The lowest BCUT2D eigenvalue weighted by Gasteiger charge is -2.11. The number of rotatable bonds is 6. The zero-order valence-electron chi connectivity index (χ0n) is 14.1. The Morgan fingerprint density at radius 1 is 1.04 bits per heavy atom. The van der Waals surface area contributed by atoms with Gasteiger partial charge in [-0.25, -0.2) is 21.9 Å². The Labute approximate surface area is 150 Å². The molecule has 0 unspecified atom stereocenters. The Morgan fingerprint density at radius 3 is 2.15 bits per heavy atom. The van der Waals surface area contributed by atoms with Gasteiger partial charge in [0.1, 0.15) is 5.82 Å². The number of benzene rings is 2. The van der Waals surface area contributed by atoms with E-state index < -0.39 is 34.3 Å². The molecule has 0 saturated heterocycles. The molecule has 0 spiro atoms. The van der Waals surface area contributed by atoms with Gasteiger partial charge in [0.15, 0.2) is 6.61 Å². The summed E-state index contributed by atoms with van der Waals surface area (Å²) in [5, 5.41) is 2.45. The highest BCUT2D eigenvalue weighted by Crippen LogP contribution is 2.14. The van der Waals surface area contributed by atoms with Gasteiger partial charge in [0.05, 0.1) is 10.5 Å². The van der Waals surface area contributed by atoms with Crippen molar-refractivity contribution in [2.75, 3.05) is 26.0 Å². The summed E-state index contributed by atoms with van der Waals surface area (Å²) in [6.45, 7) is -0.534. The van der Waals surface area contributed by atoms with Crippen LogP contribution in [0.2, 0.25) is 0 Å². The standard InChI is InChI=1S/C17H17FN2O5S/c1-20(2)26(23,24)15-9-3-12(4-10-15)17(22)25-11-16(21)19-14-7-5-13(18)6-8-14/h3-10H,11H2,1-2H3,(H,19,21). The third kappa shape index (κ3) is 4.87. The molecule has 0 bridgehead atoms. The monoisotopic (exact) mass is 380 g/mol. The highest BCUT2D eigenvalue weighted by Gasteiger charge is 2.18. The highest BCUT2D eigenvalue weighted by atomic mass is 32.2. The molecule has 0 radical (unpaired) electrons. The van der Waals surface area contributed by atoms with E-state index in [0.717, 1.165) is 4.31 Å². The average Bonchev–Trinajstić information content (AvgIpc) is 2.61. The van der Waals surface area contributed by atoms with E-state index in [-0.39, 0.29) is 10.5 Å². The molecule has 0 aromatic heterocycles. The van der Waals surface area contributed by atoms with Gasteiger partial charge in [-0.3, -0.25) is 4.79 Å². The second kappa shape index (κ2) is 8.07. The fraction of sp³-hybridized carbons (Fsp3) is 0.176. The van der Waals surface area contributed by atoms with Crippen LogP contribution in [0.15, 0.2) is 53.4 Å². The number of carbonyl (C=O) groups is 2. The summed E-state index contributed by atoms with van der Waals surface area (Å²) in [5.74, 6) is -1.79. The number of nitrogens with zero attached hydrogens (tertiary/aromatic N) is 1. The predicted molar refractivity (Wildman–Crippen MR) is 92.6 cm³/mol. The predicted octanol–water partition coefficient (Wildman–Crippen LogP) is 1.87.